The summed E-state index contributed by atoms with van der Waals surface area (Å²) >= 11 is 0. The molecule has 1 aromatic heterocycles. The molecule has 3 heteroatoms. The molecule has 0 bridgehead atoms. The van der Waals surface area contributed by atoms with Gasteiger partial charge in [0.05, 0.1) is 0 Å². The number of nitrogens with one attached hydrogen (secondary N) is 1. The molecule has 0 aliphatic heterocycles. The van der Waals surface area contributed by atoms with Crippen LogP contribution >= 0.6 is 0 Å². The van der Waals surface area contributed by atoms with Crippen molar-refractivity contribution in [2.45, 2.75) is 46.2 Å². The van der Waals surface area contributed by atoms with Gasteiger partial charge in [0.15, 0.2) is 0 Å². The zero-order chi connectivity index (χ0) is 21.6. The second-order valence-electron chi connectivity index (χ2n) is 8.41. The summed E-state index contributed by atoms with van der Waals surface area (Å²) in [6.45, 7) is 5.66. The van der Waals surface area contributed by atoms with Crippen LogP contribution in [0.1, 0.15) is 40.7 Å². The van der Waals surface area contributed by atoms with E-state index in [-0.39, 0.29) is 5.91 Å². The minimum absolute atomic E-state index is 0.116. The van der Waals surface area contributed by atoms with Crippen LogP contribution in [0.15, 0.2) is 79.0 Å². The smallest absolute Gasteiger partial charge is 0.220 e. The molecule has 0 spiro atoms. The van der Waals surface area contributed by atoms with Crippen molar-refractivity contribution < 1.29 is 4.79 Å². The van der Waals surface area contributed by atoms with Crippen molar-refractivity contribution in [1.29, 1.82) is 0 Å². The summed E-state index contributed by atoms with van der Waals surface area (Å²) in [5.41, 5.74) is 7.52. The summed E-state index contributed by atoms with van der Waals surface area (Å²) < 4.78 is 2.33. The van der Waals surface area contributed by atoms with Crippen LogP contribution in [0.3, 0.4) is 0 Å². The molecule has 0 aliphatic rings. The molecule has 1 amide bonds. The lowest BCUT2D eigenvalue weighted by atomic mass is 10.1. The maximum atomic E-state index is 12.3. The molecule has 0 radical (unpaired) electrons. The Morgan fingerprint density at radius 3 is 2.35 bits per heavy atom. The molecule has 3 nitrogen and oxygen atoms in total. The van der Waals surface area contributed by atoms with Crippen molar-refractivity contribution in [3.8, 4) is 0 Å². The fraction of sp³-hybridized carbons (Fsp3) is 0.250. The van der Waals surface area contributed by atoms with Crippen LogP contribution < -0.4 is 5.32 Å². The Labute approximate surface area is 184 Å². The summed E-state index contributed by atoms with van der Waals surface area (Å²) in [6, 6.07) is 25.5. The highest BCUT2D eigenvalue weighted by Gasteiger charge is 2.10. The van der Waals surface area contributed by atoms with Crippen LogP contribution in [0.25, 0.3) is 10.9 Å². The van der Waals surface area contributed by atoms with Gasteiger partial charge < -0.3 is 9.88 Å². The molecule has 4 aromatic rings. The number of aryl methyl sites for hydroxylation is 3. The SMILES string of the molecule is Cc1cccc(CNC(=O)CCCc2cn(Cc3cccc(C)c3)c3ccccc23)c1. The van der Waals surface area contributed by atoms with Crippen LogP contribution in [0, 0.1) is 13.8 Å². The molecule has 1 heterocycles. The maximum Gasteiger partial charge on any atom is 0.220 e. The number of fused-ring (bicyclic) bond motifs is 1. The Bertz CT molecular complexity index is 1190. The van der Waals surface area contributed by atoms with E-state index in [4.69, 9.17) is 0 Å². The molecule has 0 fully saturated rings. The van der Waals surface area contributed by atoms with Crippen LogP contribution in [-0.2, 0) is 24.3 Å². The highest BCUT2D eigenvalue weighted by Crippen LogP contribution is 2.24. The summed E-state index contributed by atoms with van der Waals surface area (Å²) in [6.07, 6.45) is 4.55. The first kappa shape index (κ1) is 20.9. The van der Waals surface area contributed by atoms with Crippen molar-refractivity contribution in [3.63, 3.8) is 0 Å². The molecule has 4 rings (SSSR count). The Hall–Kier alpha value is -3.33. The van der Waals surface area contributed by atoms with E-state index in [0.717, 1.165) is 24.9 Å². The van der Waals surface area contributed by atoms with Gasteiger partial charge in [0.2, 0.25) is 5.91 Å². The average Bonchev–Trinajstić information content (AvgIpc) is 3.10. The van der Waals surface area contributed by atoms with E-state index >= 15 is 0 Å². The number of aromatic nitrogens is 1. The van der Waals surface area contributed by atoms with E-state index in [1.807, 2.05) is 6.07 Å². The third kappa shape index (κ3) is 5.43. The topological polar surface area (TPSA) is 34.0 Å². The summed E-state index contributed by atoms with van der Waals surface area (Å²) in [5, 5.41) is 4.34. The van der Waals surface area contributed by atoms with Gasteiger partial charge in [0.25, 0.3) is 0 Å². The molecule has 0 saturated heterocycles. The summed E-state index contributed by atoms with van der Waals surface area (Å²) in [5.74, 6) is 0.116. The number of hydrogen-bond donors (Lipinski definition) is 1. The number of rotatable bonds is 8. The van der Waals surface area contributed by atoms with Crippen molar-refractivity contribution in [1.82, 2.24) is 9.88 Å². The van der Waals surface area contributed by atoms with Gasteiger partial charge in [-0.15, -0.1) is 0 Å². The molecule has 3 aromatic carbocycles. The fourth-order valence-electron chi connectivity index (χ4n) is 4.21. The second-order valence-corrected chi connectivity index (χ2v) is 8.41. The first-order valence-corrected chi connectivity index (χ1v) is 11.0. The van der Waals surface area contributed by atoms with Crippen molar-refractivity contribution in [2.75, 3.05) is 0 Å². The minimum Gasteiger partial charge on any atom is -0.352 e. The molecule has 1 N–H and O–H groups in total. The van der Waals surface area contributed by atoms with Gasteiger partial charge in [-0.3, -0.25) is 4.79 Å². The number of carbonyl (C=O) groups excluding carboxylic acids is 1. The monoisotopic (exact) mass is 410 g/mol. The normalized spacial score (nSPS) is 11.0. The lowest BCUT2D eigenvalue weighted by Gasteiger charge is -2.06. The van der Waals surface area contributed by atoms with Crippen LogP contribution in [0.2, 0.25) is 0 Å². The number of amides is 1. The highest BCUT2D eigenvalue weighted by atomic mass is 16.1. The number of hydrogen-bond acceptors (Lipinski definition) is 1. The molecule has 0 aliphatic carbocycles. The van der Waals surface area contributed by atoms with E-state index in [1.165, 1.54) is 33.2 Å². The van der Waals surface area contributed by atoms with Crippen LogP contribution in [0.5, 0.6) is 0 Å². The van der Waals surface area contributed by atoms with E-state index in [0.29, 0.717) is 13.0 Å². The largest absolute Gasteiger partial charge is 0.352 e. The van der Waals surface area contributed by atoms with Crippen LogP contribution in [-0.4, -0.2) is 10.5 Å². The Morgan fingerprint density at radius 2 is 1.58 bits per heavy atom. The van der Waals surface area contributed by atoms with Crippen molar-refractivity contribution in [3.05, 3.63) is 107 Å². The van der Waals surface area contributed by atoms with Gasteiger partial charge >= 0.3 is 0 Å². The van der Waals surface area contributed by atoms with E-state index in [1.54, 1.807) is 0 Å². The zero-order valence-corrected chi connectivity index (χ0v) is 18.4. The van der Waals surface area contributed by atoms with Gasteiger partial charge in [-0.05, 0) is 49.4 Å². The predicted octanol–water partition coefficient (Wildman–Crippen LogP) is 5.95. The van der Waals surface area contributed by atoms with E-state index in [9.17, 15) is 4.79 Å². The van der Waals surface area contributed by atoms with Gasteiger partial charge in [0, 0.05) is 36.6 Å². The standard InChI is InChI=1S/C28H30N2O/c1-21-8-5-10-23(16-21)18-29-28(31)15-7-12-25-20-30(27-14-4-3-13-26(25)27)19-24-11-6-9-22(2)17-24/h3-6,8-11,13-14,16-17,20H,7,12,15,18-19H2,1-2H3,(H,29,31). The number of benzene rings is 3. The molecule has 0 atom stereocenters. The van der Waals surface area contributed by atoms with Gasteiger partial charge in [-0.25, -0.2) is 0 Å². The average molecular weight is 411 g/mol. The Balaban J connectivity index is 1.37. The van der Waals surface area contributed by atoms with Gasteiger partial charge in [-0.1, -0.05) is 77.9 Å². The summed E-state index contributed by atoms with van der Waals surface area (Å²) in [7, 11) is 0. The highest BCUT2D eigenvalue weighted by molar-refractivity contribution is 5.84. The van der Waals surface area contributed by atoms with Crippen molar-refractivity contribution >= 4 is 16.8 Å². The van der Waals surface area contributed by atoms with Crippen molar-refractivity contribution in [2.24, 2.45) is 0 Å². The third-order valence-corrected chi connectivity index (χ3v) is 5.73. The Morgan fingerprint density at radius 1 is 0.871 bits per heavy atom. The number of carbonyl (C=O) groups is 1. The van der Waals surface area contributed by atoms with Crippen LogP contribution in [0.4, 0.5) is 0 Å². The number of nitrogens with zero attached hydrogens (tertiary/aromatic N) is 1. The minimum atomic E-state index is 0.116. The zero-order valence-electron chi connectivity index (χ0n) is 18.4. The molecule has 31 heavy (non-hydrogen) atoms. The quantitative estimate of drug-likeness (QED) is 0.383. The molecular weight excluding hydrogens is 380 g/mol. The van der Waals surface area contributed by atoms with Gasteiger partial charge in [0.1, 0.15) is 0 Å². The first-order valence-electron chi connectivity index (χ1n) is 11.0. The lowest BCUT2D eigenvalue weighted by molar-refractivity contribution is -0.121. The predicted molar refractivity (Wildman–Crippen MR) is 128 cm³/mol. The molecular formula is C28H30N2O. The lowest BCUT2D eigenvalue weighted by Crippen LogP contribution is -2.22. The Kier molecular flexibility index (Phi) is 6.51. The number of para-hydroxylation sites is 1. The molecule has 0 saturated carbocycles. The second kappa shape index (κ2) is 9.65. The maximum absolute atomic E-state index is 12.3. The summed E-state index contributed by atoms with van der Waals surface area (Å²) in [4.78, 5) is 12.3. The third-order valence-electron chi connectivity index (χ3n) is 5.73. The van der Waals surface area contributed by atoms with Gasteiger partial charge in [-0.2, -0.15) is 0 Å². The van der Waals surface area contributed by atoms with E-state index in [2.05, 4.69) is 96.7 Å². The molecule has 158 valence electrons. The fourth-order valence-corrected chi connectivity index (χ4v) is 4.21. The first-order chi connectivity index (χ1) is 15.1. The van der Waals surface area contributed by atoms with E-state index < -0.39 is 0 Å². The molecule has 0 unspecified atom stereocenters.